The molecule has 0 radical (unpaired) electrons. The normalized spacial score (nSPS) is 10.7. The fourth-order valence-electron chi connectivity index (χ4n) is 3.31. The molecule has 4 heteroatoms. The summed E-state index contributed by atoms with van der Waals surface area (Å²) in [5, 5.41) is 0. The highest BCUT2D eigenvalue weighted by molar-refractivity contribution is 5.93. The number of esters is 2. The predicted octanol–water partition coefficient (Wildman–Crippen LogP) is 6.59. The molecule has 0 fully saturated rings. The number of benzene rings is 3. The molecule has 4 nitrogen and oxygen atoms in total. The molecule has 0 N–H and O–H groups in total. The number of hydrogen-bond donors (Lipinski definition) is 0. The van der Waals surface area contributed by atoms with E-state index in [0.717, 1.165) is 30.4 Å². The minimum Gasteiger partial charge on any atom is -0.419 e. The fraction of sp³-hybridized carbons (Fsp3) is 0.259. The molecule has 0 aromatic heterocycles. The van der Waals surface area contributed by atoms with E-state index in [1.165, 1.54) is 0 Å². The highest BCUT2D eigenvalue weighted by Gasteiger charge is 2.24. The molecule has 3 aromatic rings. The number of aryl methyl sites for hydroxylation is 1. The van der Waals surface area contributed by atoms with Crippen LogP contribution < -0.4 is 9.47 Å². The van der Waals surface area contributed by atoms with Crippen LogP contribution in [0.25, 0.3) is 0 Å². The average molecular weight is 417 g/mol. The van der Waals surface area contributed by atoms with Crippen LogP contribution in [0, 0.1) is 0 Å². The van der Waals surface area contributed by atoms with Gasteiger partial charge in [0, 0.05) is 5.56 Å². The minimum atomic E-state index is -0.479. The summed E-state index contributed by atoms with van der Waals surface area (Å²) in [6.45, 7) is 6.14. The lowest BCUT2D eigenvalue weighted by Gasteiger charge is -2.20. The molecule has 0 aliphatic heterocycles. The van der Waals surface area contributed by atoms with Gasteiger partial charge in [-0.15, -0.1) is 0 Å². The molecule has 0 atom stereocenters. The van der Waals surface area contributed by atoms with Gasteiger partial charge in [0.25, 0.3) is 0 Å². The van der Waals surface area contributed by atoms with E-state index in [4.69, 9.17) is 9.47 Å². The SMILES string of the molecule is CCCCc1ccc(C(C)C)c(OC(=O)c2ccccc2)c1OC(=O)c1ccccc1. The molecule has 0 saturated carbocycles. The van der Waals surface area contributed by atoms with Gasteiger partial charge < -0.3 is 9.47 Å². The van der Waals surface area contributed by atoms with E-state index in [0.29, 0.717) is 22.6 Å². The molecule has 0 aliphatic rings. The second-order valence-corrected chi connectivity index (χ2v) is 7.74. The maximum atomic E-state index is 12.9. The maximum Gasteiger partial charge on any atom is 0.343 e. The van der Waals surface area contributed by atoms with Crippen molar-refractivity contribution in [2.45, 2.75) is 46.0 Å². The standard InChI is InChI=1S/C27H28O4/c1-4-5-12-20-17-18-23(19(2)3)25(31-27(29)22-15-10-7-11-16-22)24(20)30-26(28)21-13-8-6-9-14-21/h6-11,13-19H,4-5,12H2,1-3H3. The molecular formula is C27H28O4. The summed E-state index contributed by atoms with van der Waals surface area (Å²) in [6, 6.07) is 21.6. The second kappa shape index (κ2) is 10.6. The van der Waals surface area contributed by atoms with Gasteiger partial charge in [-0.3, -0.25) is 0 Å². The Kier molecular flexibility index (Phi) is 7.60. The molecule has 0 saturated heterocycles. The Morgan fingerprint density at radius 2 is 1.26 bits per heavy atom. The molecule has 0 bridgehead atoms. The molecule has 3 rings (SSSR count). The lowest BCUT2D eigenvalue weighted by Crippen LogP contribution is -2.15. The van der Waals surface area contributed by atoms with Crippen LogP contribution in [0.1, 0.15) is 71.4 Å². The summed E-state index contributed by atoms with van der Waals surface area (Å²) in [5.41, 5.74) is 2.56. The van der Waals surface area contributed by atoms with Crippen LogP contribution in [-0.4, -0.2) is 11.9 Å². The van der Waals surface area contributed by atoms with Crippen molar-refractivity contribution in [3.05, 3.63) is 95.1 Å². The Bertz CT molecular complexity index is 1020. The van der Waals surface area contributed by atoms with Crippen molar-refractivity contribution in [3.8, 4) is 11.5 Å². The summed E-state index contributed by atoms with van der Waals surface area (Å²) < 4.78 is 11.7. The number of hydrogen-bond acceptors (Lipinski definition) is 4. The van der Waals surface area contributed by atoms with Gasteiger partial charge >= 0.3 is 11.9 Å². The Balaban J connectivity index is 2.06. The summed E-state index contributed by atoms with van der Waals surface area (Å²) in [7, 11) is 0. The van der Waals surface area contributed by atoms with Crippen molar-refractivity contribution in [2.24, 2.45) is 0 Å². The summed E-state index contributed by atoms with van der Waals surface area (Å²) in [4.78, 5) is 25.7. The highest BCUT2D eigenvalue weighted by atomic mass is 16.6. The molecule has 31 heavy (non-hydrogen) atoms. The third kappa shape index (κ3) is 5.60. The van der Waals surface area contributed by atoms with Gasteiger partial charge in [-0.1, -0.05) is 75.7 Å². The third-order valence-electron chi connectivity index (χ3n) is 5.05. The predicted molar refractivity (Wildman–Crippen MR) is 122 cm³/mol. The van der Waals surface area contributed by atoms with E-state index in [-0.39, 0.29) is 5.92 Å². The monoisotopic (exact) mass is 416 g/mol. The van der Waals surface area contributed by atoms with Crippen molar-refractivity contribution in [1.29, 1.82) is 0 Å². The quantitative estimate of drug-likeness (QED) is 0.307. The number of ether oxygens (including phenoxy) is 2. The Labute approximate surface area is 183 Å². The third-order valence-corrected chi connectivity index (χ3v) is 5.05. The first-order valence-electron chi connectivity index (χ1n) is 10.7. The Morgan fingerprint density at radius 1 is 0.742 bits per heavy atom. The van der Waals surface area contributed by atoms with Gasteiger partial charge in [-0.25, -0.2) is 9.59 Å². The molecule has 0 unspecified atom stereocenters. The molecular weight excluding hydrogens is 388 g/mol. The zero-order chi connectivity index (χ0) is 22.2. The van der Waals surface area contributed by atoms with Gasteiger partial charge in [-0.05, 0) is 48.6 Å². The first-order chi connectivity index (χ1) is 15.0. The molecule has 0 spiro atoms. The Morgan fingerprint density at radius 3 is 1.74 bits per heavy atom. The number of carbonyl (C=O) groups is 2. The van der Waals surface area contributed by atoms with Crippen LogP contribution >= 0.6 is 0 Å². The first kappa shape index (κ1) is 22.3. The topological polar surface area (TPSA) is 52.6 Å². The lowest BCUT2D eigenvalue weighted by molar-refractivity contribution is 0.0679. The highest BCUT2D eigenvalue weighted by Crippen LogP contribution is 2.40. The van der Waals surface area contributed by atoms with Crippen molar-refractivity contribution >= 4 is 11.9 Å². The van der Waals surface area contributed by atoms with Crippen LogP contribution in [0.3, 0.4) is 0 Å². The minimum absolute atomic E-state index is 0.0768. The van der Waals surface area contributed by atoms with Crippen LogP contribution in [0.2, 0.25) is 0 Å². The average Bonchev–Trinajstić information content (AvgIpc) is 2.80. The maximum absolute atomic E-state index is 12.9. The first-order valence-corrected chi connectivity index (χ1v) is 10.7. The molecule has 0 aliphatic carbocycles. The summed E-state index contributed by atoms with van der Waals surface area (Å²) >= 11 is 0. The second-order valence-electron chi connectivity index (χ2n) is 7.74. The number of carbonyl (C=O) groups excluding carboxylic acids is 2. The van der Waals surface area contributed by atoms with E-state index in [1.807, 2.05) is 38.1 Å². The molecule has 0 amide bonds. The van der Waals surface area contributed by atoms with Crippen molar-refractivity contribution < 1.29 is 19.1 Å². The van der Waals surface area contributed by atoms with Gasteiger partial charge in [0.15, 0.2) is 11.5 Å². The van der Waals surface area contributed by atoms with E-state index in [1.54, 1.807) is 48.5 Å². The van der Waals surface area contributed by atoms with E-state index in [2.05, 4.69) is 6.92 Å². The van der Waals surface area contributed by atoms with Crippen molar-refractivity contribution in [3.63, 3.8) is 0 Å². The van der Waals surface area contributed by atoms with Crippen LogP contribution in [0.5, 0.6) is 11.5 Å². The smallest absolute Gasteiger partial charge is 0.343 e. The fourth-order valence-corrected chi connectivity index (χ4v) is 3.31. The number of unbranched alkanes of at least 4 members (excludes halogenated alkanes) is 1. The van der Waals surface area contributed by atoms with Gasteiger partial charge in [0.1, 0.15) is 0 Å². The van der Waals surface area contributed by atoms with Crippen LogP contribution in [0.4, 0.5) is 0 Å². The summed E-state index contributed by atoms with van der Waals surface area (Å²) in [6.07, 6.45) is 2.66. The van der Waals surface area contributed by atoms with E-state index < -0.39 is 11.9 Å². The lowest BCUT2D eigenvalue weighted by atomic mass is 9.97. The number of rotatable bonds is 8. The van der Waals surface area contributed by atoms with Crippen LogP contribution in [0.15, 0.2) is 72.8 Å². The molecule has 0 heterocycles. The van der Waals surface area contributed by atoms with Gasteiger partial charge in [0.2, 0.25) is 0 Å². The van der Waals surface area contributed by atoms with Gasteiger partial charge in [-0.2, -0.15) is 0 Å². The molecule has 160 valence electrons. The van der Waals surface area contributed by atoms with E-state index in [9.17, 15) is 9.59 Å². The zero-order valence-electron chi connectivity index (χ0n) is 18.3. The Hall–Kier alpha value is -3.40. The van der Waals surface area contributed by atoms with Crippen molar-refractivity contribution in [1.82, 2.24) is 0 Å². The summed E-state index contributed by atoms with van der Waals surface area (Å²) in [5.74, 6) is -0.226. The molecule has 3 aromatic carbocycles. The van der Waals surface area contributed by atoms with E-state index >= 15 is 0 Å². The largest absolute Gasteiger partial charge is 0.419 e. The van der Waals surface area contributed by atoms with Crippen LogP contribution in [-0.2, 0) is 6.42 Å². The van der Waals surface area contributed by atoms with Gasteiger partial charge in [0.05, 0.1) is 11.1 Å². The zero-order valence-corrected chi connectivity index (χ0v) is 18.3. The van der Waals surface area contributed by atoms with Crippen molar-refractivity contribution in [2.75, 3.05) is 0 Å².